The molecule has 0 aromatic heterocycles. The lowest BCUT2D eigenvalue weighted by atomic mass is 10.1. The van der Waals surface area contributed by atoms with E-state index in [-0.39, 0.29) is 17.5 Å². The third-order valence-electron chi connectivity index (χ3n) is 5.39. The summed E-state index contributed by atoms with van der Waals surface area (Å²) in [6.07, 6.45) is -1.04. The maximum atomic E-state index is 13.4. The van der Waals surface area contributed by atoms with Crippen molar-refractivity contribution in [1.29, 1.82) is 0 Å². The van der Waals surface area contributed by atoms with Gasteiger partial charge in [-0.15, -0.1) is 0 Å². The molecule has 0 unspecified atom stereocenters. The molecule has 0 fully saturated rings. The molecule has 0 radical (unpaired) electrons. The molecule has 33 heavy (non-hydrogen) atoms. The summed E-state index contributed by atoms with van der Waals surface area (Å²) in [7, 11) is -2.39. The molecule has 3 aromatic carbocycles. The number of ether oxygens (including phenoxy) is 2. The molecule has 0 saturated heterocycles. The largest absolute Gasteiger partial charge is 0.496 e. The number of methoxy groups -OCH3 is 1. The van der Waals surface area contributed by atoms with E-state index >= 15 is 0 Å². The Morgan fingerprint density at radius 2 is 1.76 bits per heavy atom. The smallest absolute Gasteiger partial charge is 0.264 e. The number of rotatable bonds is 6. The van der Waals surface area contributed by atoms with Gasteiger partial charge in [0, 0.05) is 10.6 Å². The molecule has 1 heterocycles. The van der Waals surface area contributed by atoms with Gasteiger partial charge in [-0.05, 0) is 49.4 Å². The molecule has 3 aromatic rings. The number of carbonyl (C=O) groups excluding carboxylic acids is 1. The van der Waals surface area contributed by atoms with Crippen LogP contribution in [0.25, 0.3) is 0 Å². The predicted molar refractivity (Wildman–Crippen MR) is 126 cm³/mol. The van der Waals surface area contributed by atoms with Gasteiger partial charge in [0.15, 0.2) is 6.10 Å². The summed E-state index contributed by atoms with van der Waals surface area (Å²) in [4.78, 5) is 13.2. The molecule has 172 valence electrons. The van der Waals surface area contributed by atoms with Crippen LogP contribution in [-0.4, -0.2) is 34.1 Å². The Morgan fingerprint density at radius 3 is 2.48 bits per heavy atom. The number of carbonyl (C=O) groups is 1. The van der Waals surface area contributed by atoms with Crippen molar-refractivity contribution in [3.05, 3.63) is 83.4 Å². The minimum Gasteiger partial charge on any atom is -0.496 e. The van der Waals surface area contributed by atoms with E-state index in [1.165, 1.54) is 28.6 Å². The third-order valence-corrected chi connectivity index (χ3v) is 7.44. The maximum Gasteiger partial charge on any atom is 0.264 e. The summed E-state index contributed by atoms with van der Waals surface area (Å²) < 4.78 is 39.3. The van der Waals surface area contributed by atoms with Crippen LogP contribution in [0.4, 0.5) is 5.69 Å². The van der Waals surface area contributed by atoms with Crippen molar-refractivity contribution in [3.8, 4) is 11.5 Å². The van der Waals surface area contributed by atoms with Crippen molar-refractivity contribution in [3.63, 3.8) is 0 Å². The number of fused-ring (bicyclic) bond motifs is 1. The Kier molecular flexibility index (Phi) is 6.49. The van der Waals surface area contributed by atoms with Crippen molar-refractivity contribution in [2.75, 3.05) is 18.0 Å². The lowest BCUT2D eigenvalue weighted by Crippen LogP contribution is -2.51. The highest BCUT2D eigenvalue weighted by Gasteiger charge is 2.37. The number of benzene rings is 3. The van der Waals surface area contributed by atoms with Crippen LogP contribution in [0, 0.1) is 0 Å². The zero-order chi connectivity index (χ0) is 23.6. The number of hydrogen-bond donors (Lipinski definition) is 1. The molecule has 1 aliphatic rings. The standard InChI is InChI=1S/C24H23ClN2O5S/c1-16(19-7-3-5-9-21(19)31-2)26-24(28)23-15-27(20-8-4-6-10-22(20)32-23)33(29,30)18-13-11-17(25)12-14-18/h3-14,16,23H,15H2,1-2H3,(H,26,28)/t16-,23+/m0/s1. The molecule has 9 heteroatoms. The average molecular weight is 487 g/mol. The number of anilines is 1. The van der Waals surface area contributed by atoms with Crippen molar-refractivity contribution in [1.82, 2.24) is 5.32 Å². The van der Waals surface area contributed by atoms with E-state index in [4.69, 9.17) is 21.1 Å². The van der Waals surface area contributed by atoms with E-state index in [1.54, 1.807) is 31.4 Å². The first-order valence-electron chi connectivity index (χ1n) is 10.3. The Labute approximate surface area is 197 Å². The lowest BCUT2D eigenvalue weighted by Gasteiger charge is -2.35. The van der Waals surface area contributed by atoms with E-state index in [0.29, 0.717) is 22.2 Å². The molecule has 0 saturated carbocycles. The monoisotopic (exact) mass is 486 g/mol. The van der Waals surface area contributed by atoms with Crippen LogP contribution in [0.2, 0.25) is 5.02 Å². The van der Waals surface area contributed by atoms with Gasteiger partial charge in [0.1, 0.15) is 11.5 Å². The van der Waals surface area contributed by atoms with Crippen LogP contribution in [0.3, 0.4) is 0 Å². The fourth-order valence-electron chi connectivity index (χ4n) is 3.71. The molecule has 4 rings (SSSR count). The van der Waals surface area contributed by atoms with E-state index in [9.17, 15) is 13.2 Å². The predicted octanol–water partition coefficient (Wildman–Crippen LogP) is 4.18. The molecular weight excluding hydrogens is 464 g/mol. The SMILES string of the molecule is COc1ccccc1[C@H](C)NC(=O)[C@H]1CN(S(=O)(=O)c2ccc(Cl)cc2)c2ccccc2O1. The molecule has 2 atom stereocenters. The average Bonchev–Trinajstić information content (AvgIpc) is 2.83. The van der Waals surface area contributed by atoms with E-state index < -0.39 is 22.0 Å². The molecule has 1 aliphatic heterocycles. The Hall–Kier alpha value is -3.23. The summed E-state index contributed by atoms with van der Waals surface area (Å²) in [5.74, 6) is 0.526. The van der Waals surface area contributed by atoms with Crippen molar-refractivity contribution >= 4 is 33.2 Å². The van der Waals surface area contributed by atoms with Gasteiger partial charge in [0.05, 0.1) is 30.3 Å². The Bertz CT molecular complexity index is 1260. The van der Waals surface area contributed by atoms with Crippen LogP contribution in [-0.2, 0) is 14.8 Å². The van der Waals surface area contributed by atoms with Gasteiger partial charge in [-0.2, -0.15) is 0 Å². The van der Waals surface area contributed by atoms with E-state index in [1.807, 2.05) is 31.2 Å². The topological polar surface area (TPSA) is 84.9 Å². The number of nitrogens with zero attached hydrogens (tertiary/aromatic N) is 1. The second-order valence-electron chi connectivity index (χ2n) is 7.54. The molecule has 0 spiro atoms. The zero-order valence-corrected chi connectivity index (χ0v) is 19.6. The highest BCUT2D eigenvalue weighted by Crippen LogP contribution is 2.37. The first-order valence-corrected chi connectivity index (χ1v) is 12.1. The van der Waals surface area contributed by atoms with Crippen LogP contribution in [0.15, 0.2) is 77.7 Å². The first-order chi connectivity index (χ1) is 15.8. The summed E-state index contributed by atoms with van der Waals surface area (Å²) in [6.45, 7) is 1.65. The zero-order valence-electron chi connectivity index (χ0n) is 18.1. The van der Waals surface area contributed by atoms with Crippen molar-refractivity contribution in [2.24, 2.45) is 0 Å². The number of sulfonamides is 1. The summed E-state index contributed by atoms with van der Waals surface area (Å²) in [5, 5.41) is 3.34. The molecule has 7 nitrogen and oxygen atoms in total. The quantitative estimate of drug-likeness (QED) is 0.565. The number of halogens is 1. The van der Waals surface area contributed by atoms with Crippen molar-refractivity contribution in [2.45, 2.75) is 24.0 Å². The van der Waals surface area contributed by atoms with Gasteiger partial charge >= 0.3 is 0 Å². The van der Waals surface area contributed by atoms with Gasteiger partial charge in [-0.3, -0.25) is 9.10 Å². The fraction of sp³-hybridized carbons (Fsp3) is 0.208. The molecular formula is C24H23ClN2O5S. The summed E-state index contributed by atoms with van der Waals surface area (Å²) in [6, 6.07) is 19.6. The van der Waals surface area contributed by atoms with E-state index in [0.717, 1.165) is 5.56 Å². The van der Waals surface area contributed by atoms with Gasteiger partial charge in [-0.25, -0.2) is 8.42 Å². The molecule has 1 N–H and O–H groups in total. The summed E-state index contributed by atoms with van der Waals surface area (Å²) >= 11 is 5.92. The number of nitrogens with one attached hydrogen (secondary N) is 1. The fourth-order valence-corrected chi connectivity index (χ4v) is 5.31. The van der Waals surface area contributed by atoms with Gasteiger partial charge in [0.2, 0.25) is 0 Å². The van der Waals surface area contributed by atoms with E-state index in [2.05, 4.69) is 5.32 Å². The van der Waals surface area contributed by atoms with Crippen LogP contribution < -0.4 is 19.1 Å². The highest BCUT2D eigenvalue weighted by molar-refractivity contribution is 7.92. The number of para-hydroxylation sites is 3. The third kappa shape index (κ3) is 4.62. The van der Waals surface area contributed by atoms with Crippen LogP contribution in [0.1, 0.15) is 18.5 Å². The number of amides is 1. The minimum absolute atomic E-state index is 0.0742. The number of hydrogen-bond acceptors (Lipinski definition) is 5. The van der Waals surface area contributed by atoms with Crippen LogP contribution in [0.5, 0.6) is 11.5 Å². The minimum atomic E-state index is -3.96. The Morgan fingerprint density at radius 1 is 1.09 bits per heavy atom. The normalized spacial score (nSPS) is 16.3. The summed E-state index contributed by atoms with van der Waals surface area (Å²) in [5.41, 5.74) is 1.17. The van der Waals surface area contributed by atoms with Crippen LogP contribution >= 0.6 is 11.6 Å². The maximum absolute atomic E-state index is 13.4. The van der Waals surface area contributed by atoms with Crippen molar-refractivity contribution < 1.29 is 22.7 Å². The van der Waals surface area contributed by atoms with Gasteiger partial charge < -0.3 is 14.8 Å². The second-order valence-corrected chi connectivity index (χ2v) is 9.84. The molecule has 1 amide bonds. The van der Waals surface area contributed by atoms with Gasteiger partial charge in [0.25, 0.3) is 15.9 Å². The van der Waals surface area contributed by atoms with Gasteiger partial charge in [-0.1, -0.05) is 41.9 Å². The molecule has 0 aliphatic carbocycles. The second kappa shape index (κ2) is 9.33. The Balaban J connectivity index is 1.62. The lowest BCUT2D eigenvalue weighted by molar-refractivity contribution is -0.128. The molecule has 0 bridgehead atoms. The highest BCUT2D eigenvalue weighted by atomic mass is 35.5. The first kappa shape index (κ1) is 22.9.